The third-order valence-electron chi connectivity index (χ3n) is 4.48. The Morgan fingerprint density at radius 3 is 2.61 bits per heavy atom. The van der Waals surface area contributed by atoms with Gasteiger partial charge in [0, 0.05) is 17.2 Å². The highest BCUT2D eigenvalue weighted by molar-refractivity contribution is 9.10. The molecule has 0 saturated heterocycles. The Morgan fingerprint density at radius 1 is 1.11 bits per heavy atom. The number of aryl methyl sites for hydroxylation is 2. The first-order chi connectivity index (χ1) is 13.5. The molecule has 0 spiro atoms. The van der Waals surface area contributed by atoms with Crippen molar-refractivity contribution >= 4 is 32.9 Å². The van der Waals surface area contributed by atoms with Crippen LogP contribution in [-0.2, 0) is 13.0 Å². The van der Waals surface area contributed by atoms with Crippen molar-refractivity contribution in [1.82, 2.24) is 14.5 Å². The van der Waals surface area contributed by atoms with Gasteiger partial charge >= 0.3 is 5.97 Å². The van der Waals surface area contributed by atoms with Gasteiger partial charge in [-0.2, -0.15) is 0 Å². The number of rotatable bonds is 5. The van der Waals surface area contributed by atoms with Gasteiger partial charge in [0.05, 0.1) is 16.6 Å². The van der Waals surface area contributed by atoms with Crippen LogP contribution in [0.1, 0.15) is 15.9 Å². The lowest BCUT2D eigenvalue weighted by Crippen LogP contribution is -2.04. The number of benzene rings is 2. The van der Waals surface area contributed by atoms with Gasteiger partial charge in [-0.25, -0.2) is 14.2 Å². The number of hydrogen-bond donors (Lipinski definition) is 1. The third-order valence-corrected chi connectivity index (χ3v) is 4.98. The molecule has 2 aromatic heterocycles. The van der Waals surface area contributed by atoms with Crippen LogP contribution in [0.2, 0.25) is 0 Å². The maximum absolute atomic E-state index is 13.2. The zero-order valence-electron chi connectivity index (χ0n) is 14.6. The van der Waals surface area contributed by atoms with Crippen LogP contribution in [0.5, 0.6) is 0 Å². The monoisotopic (exact) mass is 439 g/mol. The van der Waals surface area contributed by atoms with Crippen molar-refractivity contribution in [3.8, 4) is 11.5 Å². The summed E-state index contributed by atoms with van der Waals surface area (Å²) < 4.78 is 16.0. The summed E-state index contributed by atoms with van der Waals surface area (Å²) in [5, 5.41) is 9.26. The van der Waals surface area contributed by atoms with Crippen LogP contribution in [0, 0.1) is 5.82 Å². The van der Waals surface area contributed by atoms with Crippen LogP contribution in [-0.4, -0.2) is 25.6 Å². The van der Waals surface area contributed by atoms with Gasteiger partial charge < -0.3 is 9.67 Å². The Hall–Kier alpha value is -3.06. The second kappa shape index (κ2) is 7.52. The molecule has 0 fully saturated rings. The summed E-state index contributed by atoms with van der Waals surface area (Å²) in [6, 6.07) is 15.0. The second-order valence-corrected chi connectivity index (χ2v) is 7.25. The van der Waals surface area contributed by atoms with E-state index in [0.29, 0.717) is 30.0 Å². The summed E-state index contributed by atoms with van der Waals surface area (Å²) in [6.45, 7) is 0.595. The van der Waals surface area contributed by atoms with Crippen LogP contribution >= 0.6 is 15.9 Å². The minimum atomic E-state index is -0.995. The van der Waals surface area contributed by atoms with Crippen LogP contribution < -0.4 is 0 Å². The largest absolute Gasteiger partial charge is 0.478 e. The molecule has 28 heavy (non-hydrogen) atoms. The standard InChI is InChI=1S/C21H15BrFN3O2/c22-15-7-9-24-18(12-15)20-25-17-11-14(21(27)28)3-6-19(17)26(20)10-8-13-1-4-16(23)5-2-13/h1-7,9,11-12H,8,10H2,(H,27,28). The first-order valence-electron chi connectivity index (χ1n) is 8.61. The number of imidazole rings is 1. The molecule has 0 aliphatic heterocycles. The first-order valence-corrected chi connectivity index (χ1v) is 9.40. The Morgan fingerprint density at radius 2 is 1.89 bits per heavy atom. The average Bonchev–Trinajstić information content (AvgIpc) is 3.05. The number of carboxylic acids is 1. The number of carbonyl (C=O) groups is 1. The zero-order valence-corrected chi connectivity index (χ0v) is 16.2. The Labute approximate surface area is 168 Å². The molecule has 0 unspecified atom stereocenters. The van der Waals surface area contributed by atoms with E-state index in [1.54, 1.807) is 36.5 Å². The molecule has 2 aromatic carbocycles. The Bertz CT molecular complexity index is 1170. The van der Waals surface area contributed by atoms with Crippen LogP contribution in [0.15, 0.2) is 65.3 Å². The van der Waals surface area contributed by atoms with Gasteiger partial charge in [-0.05, 0) is 54.4 Å². The molecule has 0 aliphatic carbocycles. The minimum absolute atomic E-state index is 0.185. The molecule has 2 heterocycles. The summed E-state index contributed by atoms with van der Waals surface area (Å²) in [7, 11) is 0. The predicted octanol–water partition coefficient (Wildman–Crippen LogP) is 4.94. The van der Waals surface area contributed by atoms with E-state index in [-0.39, 0.29) is 11.4 Å². The fraction of sp³-hybridized carbons (Fsp3) is 0.0952. The number of nitrogens with zero attached hydrogens (tertiary/aromatic N) is 3. The summed E-state index contributed by atoms with van der Waals surface area (Å²) in [4.78, 5) is 20.4. The highest BCUT2D eigenvalue weighted by Crippen LogP contribution is 2.26. The number of hydrogen-bond acceptors (Lipinski definition) is 3. The number of carboxylic acid groups (broad SMARTS) is 1. The molecule has 0 radical (unpaired) electrons. The highest BCUT2D eigenvalue weighted by atomic mass is 79.9. The quantitative estimate of drug-likeness (QED) is 0.478. The van der Waals surface area contributed by atoms with Crippen molar-refractivity contribution in [3.63, 3.8) is 0 Å². The third kappa shape index (κ3) is 3.66. The molecule has 140 valence electrons. The maximum Gasteiger partial charge on any atom is 0.335 e. The van der Waals surface area contributed by atoms with Crippen molar-refractivity contribution < 1.29 is 14.3 Å². The number of fused-ring (bicyclic) bond motifs is 1. The van der Waals surface area contributed by atoms with Crippen molar-refractivity contribution in [3.05, 3.63) is 82.2 Å². The topological polar surface area (TPSA) is 68.0 Å². The van der Waals surface area contributed by atoms with Gasteiger partial charge in [0.1, 0.15) is 11.5 Å². The van der Waals surface area contributed by atoms with Gasteiger partial charge in [0.15, 0.2) is 5.82 Å². The van der Waals surface area contributed by atoms with Gasteiger partial charge in [-0.1, -0.05) is 28.1 Å². The number of halogens is 2. The van der Waals surface area contributed by atoms with Crippen molar-refractivity contribution in [2.75, 3.05) is 0 Å². The van der Waals surface area contributed by atoms with E-state index < -0.39 is 5.97 Å². The number of aromatic nitrogens is 3. The lowest BCUT2D eigenvalue weighted by molar-refractivity contribution is 0.0697. The highest BCUT2D eigenvalue weighted by Gasteiger charge is 2.16. The van der Waals surface area contributed by atoms with E-state index in [2.05, 4.69) is 25.9 Å². The Balaban J connectivity index is 1.79. The normalized spacial score (nSPS) is 11.1. The minimum Gasteiger partial charge on any atom is -0.478 e. The SMILES string of the molecule is O=C(O)c1ccc2c(c1)nc(-c1cc(Br)ccn1)n2CCc1ccc(F)cc1. The number of pyridine rings is 1. The lowest BCUT2D eigenvalue weighted by Gasteiger charge is -2.09. The van der Waals surface area contributed by atoms with Gasteiger partial charge in [-0.3, -0.25) is 4.98 Å². The molecule has 0 saturated carbocycles. The van der Waals surface area contributed by atoms with Crippen molar-refractivity contribution in [1.29, 1.82) is 0 Å². The van der Waals surface area contributed by atoms with E-state index >= 15 is 0 Å². The van der Waals surface area contributed by atoms with Crippen molar-refractivity contribution in [2.24, 2.45) is 0 Å². The molecular weight excluding hydrogens is 425 g/mol. The molecule has 4 aromatic rings. The molecule has 0 aliphatic rings. The van der Waals surface area contributed by atoms with Crippen LogP contribution in [0.4, 0.5) is 4.39 Å². The molecule has 4 rings (SSSR count). The smallest absolute Gasteiger partial charge is 0.335 e. The summed E-state index contributed by atoms with van der Waals surface area (Å²) in [6.07, 6.45) is 2.36. The van der Waals surface area contributed by atoms with Gasteiger partial charge in [0.2, 0.25) is 0 Å². The fourth-order valence-corrected chi connectivity index (χ4v) is 3.44. The van der Waals surface area contributed by atoms with E-state index in [1.165, 1.54) is 12.1 Å². The molecule has 1 N–H and O–H groups in total. The van der Waals surface area contributed by atoms with Crippen LogP contribution in [0.3, 0.4) is 0 Å². The molecule has 0 bridgehead atoms. The first kappa shape index (κ1) is 18.3. The molecule has 5 nitrogen and oxygen atoms in total. The van der Waals surface area contributed by atoms with E-state index in [9.17, 15) is 14.3 Å². The maximum atomic E-state index is 13.2. The summed E-state index contributed by atoms with van der Waals surface area (Å²) >= 11 is 3.45. The zero-order chi connectivity index (χ0) is 19.7. The number of aromatic carboxylic acids is 1. The molecular formula is C21H15BrFN3O2. The van der Waals surface area contributed by atoms with E-state index in [1.807, 2.05) is 16.7 Å². The Kier molecular flexibility index (Phi) is 4.92. The molecule has 0 atom stereocenters. The lowest BCUT2D eigenvalue weighted by atomic mass is 10.1. The van der Waals surface area contributed by atoms with Gasteiger partial charge in [-0.15, -0.1) is 0 Å². The van der Waals surface area contributed by atoms with Gasteiger partial charge in [0.25, 0.3) is 0 Å². The van der Waals surface area contributed by atoms with Crippen LogP contribution in [0.25, 0.3) is 22.6 Å². The average molecular weight is 440 g/mol. The van der Waals surface area contributed by atoms with E-state index in [0.717, 1.165) is 15.6 Å². The molecule has 7 heteroatoms. The summed E-state index contributed by atoms with van der Waals surface area (Å²) in [5.74, 6) is -0.608. The predicted molar refractivity (Wildman–Crippen MR) is 108 cm³/mol. The van der Waals surface area contributed by atoms with Crippen molar-refractivity contribution in [2.45, 2.75) is 13.0 Å². The molecule has 0 amide bonds. The summed E-state index contributed by atoms with van der Waals surface area (Å²) in [5.41, 5.74) is 3.28. The fourth-order valence-electron chi connectivity index (χ4n) is 3.10. The van der Waals surface area contributed by atoms with E-state index in [4.69, 9.17) is 0 Å². The second-order valence-electron chi connectivity index (χ2n) is 6.33.